The van der Waals surface area contributed by atoms with Crippen LogP contribution in [0.3, 0.4) is 0 Å². The molecular formula is C13H13N3O2S. The lowest BCUT2D eigenvalue weighted by molar-refractivity contribution is -0.115. The first-order chi connectivity index (χ1) is 9.20. The normalized spacial score (nSPS) is 12.8. The van der Waals surface area contributed by atoms with Crippen molar-refractivity contribution in [3.63, 3.8) is 0 Å². The number of benzene rings is 1. The Hall–Kier alpha value is -2.08. The Bertz CT molecular complexity index is 624. The van der Waals surface area contributed by atoms with Crippen LogP contribution >= 0.6 is 11.3 Å². The number of hydrogen-bond donors (Lipinski definition) is 2. The number of hydrogen-bond acceptors (Lipinski definition) is 5. The van der Waals surface area contributed by atoms with Crippen LogP contribution in [0, 0.1) is 0 Å². The van der Waals surface area contributed by atoms with Gasteiger partial charge in [-0.15, -0.1) is 11.3 Å². The number of ether oxygens (including phenoxy) is 1. The molecule has 3 N–H and O–H groups in total. The molecule has 0 spiro atoms. The lowest BCUT2D eigenvalue weighted by Gasteiger charge is -2.06. The van der Waals surface area contributed by atoms with Crippen LogP contribution in [-0.2, 0) is 17.6 Å². The van der Waals surface area contributed by atoms with Crippen LogP contribution in [0.5, 0.6) is 5.75 Å². The van der Waals surface area contributed by atoms with E-state index in [2.05, 4.69) is 10.3 Å². The maximum absolute atomic E-state index is 11.9. The highest BCUT2D eigenvalue weighted by molar-refractivity contribution is 7.13. The van der Waals surface area contributed by atoms with Crippen LogP contribution < -0.4 is 15.8 Å². The predicted octanol–water partition coefficient (Wildman–Crippen LogP) is 1.84. The quantitative estimate of drug-likeness (QED) is 0.896. The minimum atomic E-state index is -0.0934. The first-order valence-electron chi connectivity index (χ1n) is 5.96. The van der Waals surface area contributed by atoms with Crippen molar-refractivity contribution in [3.8, 4) is 5.75 Å². The third-order valence-electron chi connectivity index (χ3n) is 2.88. The second-order valence-corrected chi connectivity index (χ2v) is 5.21. The number of aromatic nitrogens is 1. The summed E-state index contributed by atoms with van der Waals surface area (Å²) in [4.78, 5) is 15.9. The monoisotopic (exact) mass is 275 g/mol. The molecule has 1 aliphatic heterocycles. The van der Waals surface area contributed by atoms with Crippen LogP contribution in [0.15, 0.2) is 23.6 Å². The highest BCUT2D eigenvalue weighted by Gasteiger charge is 2.13. The molecule has 1 aromatic heterocycles. The maximum Gasteiger partial charge on any atom is 0.230 e. The van der Waals surface area contributed by atoms with Gasteiger partial charge < -0.3 is 15.8 Å². The van der Waals surface area contributed by atoms with Gasteiger partial charge in [0.05, 0.1) is 18.7 Å². The van der Waals surface area contributed by atoms with E-state index in [4.69, 9.17) is 10.5 Å². The van der Waals surface area contributed by atoms with Gasteiger partial charge in [0.15, 0.2) is 5.13 Å². The second kappa shape index (κ2) is 4.89. The first-order valence-corrected chi connectivity index (χ1v) is 6.84. The first kappa shape index (κ1) is 12.0. The number of thiazole rings is 1. The number of nitrogens with one attached hydrogen (secondary N) is 1. The largest absolute Gasteiger partial charge is 0.493 e. The van der Waals surface area contributed by atoms with Gasteiger partial charge in [0.25, 0.3) is 0 Å². The molecule has 2 heterocycles. The Labute approximate surface area is 114 Å². The smallest absolute Gasteiger partial charge is 0.230 e. The van der Waals surface area contributed by atoms with Crippen molar-refractivity contribution in [1.29, 1.82) is 0 Å². The van der Waals surface area contributed by atoms with E-state index in [9.17, 15) is 4.79 Å². The zero-order valence-electron chi connectivity index (χ0n) is 10.2. The molecule has 19 heavy (non-hydrogen) atoms. The Balaban J connectivity index is 1.66. The lowest BCUT2D eigenvalue weighted by atomic mass is 10.1. The number of amides is 1. The summed E-state index contributed by atoms with van der Waals surface area (Å²) in [5, 5.41) is 5.14. The standard InChI is InChI=1S/C13H13N3O2S/c14-13-16-10(7-19-13)6-12(17)15-9-1-2-11-8(5-9)3-4-18-11/h1-2,5,7H,3-4,6H2,(H2,14,16)(H,15,17). The molecule has 0 aliphatic carbocycles. The van der Waals surface area contributed by atoms with E-state index >= 15 is 0 Å². The predicted molar refractivity (Wildman–Crippen MR) is 74.5 cm³/mol. The molecule has 1 aromatic carbocycles. The number of nitrogen functional groups attached to an aromatic ring is 1. The van der Waals surface area contributed by atoms with E-state index in [1.807, 2.05) is 18.2 Å². The molecule has 0 unspecified atom stereocenters. The summed E-state index contributed by atoms with van der Waals surface area (Å²) in [6.45, 7) is 0.713. The van der Waals surface area contributed by atoms with Gasteiger partial charge in [0, 0.05) is 17.5 Å². The molecule has 0 saturated carbocycles. The summed E-state index contributed by atoms with van der Waals surface area (Å²) in [5.74, 6) is 0.814. The summed E-state index contributed by atoms with van der Waals surface area (Å²) in [6, 6.07) is 5.69. The van der Waals surface area contributed by atoms with E-state index in [1.54, 1.807) is 5.38 Å². The van der Waals surface area contributed by atoms with Crippen LogP contribution in [-0.4, -0.2) is 17.5 Å². The van der Waals surface area contributed by atoms with E-state index < -0.39 is 0 Å². The molecular weight excluding hydrogens is 262 g/mol. The van der Waals surface area contributed by atoms with Gasteiger partial charge in [-0.2, -0.15) is 0 Å². The van der Waals surface area contributed by atoms with Crippen LogP contribution in [0.2, 0.25) is 0 Å². The molecule has 0 saturated heterocycles. The van der Waals surface area contributed by atoms with Crippen molar-refractivity contribution in [3.05, 3.63) is 34.8 Å². The van der Waals surface area contributed by atoms with Crippen molar-refractivity contribution in [2.24, 2.45) is 0 Å². The fourth-order valence-corrected chi connectivity index (χ4v) is 2.60. The number of rotatable bonds is 3. The SMILES string of the molecule is Nc1nc(CC(=O)Nc2ccc3c(c2)CCO3)cs1. The molecule has 5 nitrogen and oxygen atoms in total. The summed E-state index contributed by atoms with van der Waals surface area (Å²) in [6.07, 6.45) is 1.13. The highest BCUT2D eigenvalue weighted by Crippen LogP contribution is 2.27. The second-order valence-electron chi connectivity index (χ2n) is 4.32. The number of carbonyl (C=O) groups is 1. The number of nitrogens with two attached hydrogens (primary N) is 1. The average Bonchev–Trinajstić information content (AvgIpc) is 2.97. The zero-order valence-corrected chi connectivity index (χ0v) is 11.0. The summed E-state index contributed by atoms with van der Waals surface area (Å²) < 4.78 is 5.42. The third kappa shape index (κ3) is 2.68. The van der Waals surface area contributed by atoms with Crippen LogP contribution in [0.1, 0.15) is 11.3 Å². The summed E-state index contributed by atoms with van der Waals surface area (Å²) >= 11 is 1.34. The van der Waals surface area contributed by atoms with E-state index in [0.717, 1.165) is 23.4 Å². The Morgan fingerprint density at radius 3 is 3.21 bits per heavy atom. The van der Waals surface area contributed by atoms with Gasteiger partial charge in [-0.05, 0) is 23.8 Å². The average molecular weight is 275 g/mol. The summed E-state index contributed by atoms with van der Waals surface area (Å²) in [7, 11) is 0. The molecule has 1 amide bonds. The lowest BCUT2D eigenvalue weighted by Crippen LogP contribution is -2.14. The number of nitrogens with zero attached hydrogens (tertiary/aromatic N) is 1. The fourth-order valence-electron chi connectivity index (χ4n) is 2.04. The third-order valence-corrected chi connectivity index (χ3v) is 3.61. The minimum Gasteiger partial charge on any atom is -0.493 e. The summed E-state index contributed by atoms with van der Waals surface area (Å²) in [5.41, 5.74) is 8.15. The number of fused-ring (bicyclic) bond motifs is 1. The molecule has 2 aromatic rings. The maximum atomic E-state index is 11.9. The molecule has 0 fully saturated rings. The van der Waals surface area contributed by atoms with Crippen molar-refractivity contribution < 1.29 is 9.53 Å². The van der Waals surface area contributed by atoms with Gasteiger partial charge in [-0.25, -0.2) is 4.98 Å². The van der Waals surface area contributed by atoms with Gasteiger partial charge >= 0.3 is 0 Å². The Kier molecular flexibility index (Phi) is 3.08. The highest BCUT2D eigenvalue weighted by atomic mass is 32.1. The van der Waals surface area contributed by atoms with E-state index in [1.165, 1.54) is 11.3 Å². The van der Waals surface area contributed by atoms with Gasteiger partial charge in [-0.3, -0.25) is 4.79 Å². The van der Waals surface area contributed by atoms with Crippen molar-refractivity contribution in [2.45, 2.75) is 12.8 Å². The minimum absolute atomic E-state index is 0.0934. The van der Waals surface area contributed by atoms with Gasteiger partial charge in [0.2, 0.25) is 5.91 Å². The Morgan fingerprint density at radius 2 is 2.42 bits per heavy atom. The van der Waals surface area contributed by atoms with Crippen molar-refractivity contribution in [2.75, 3.05) is 17.7 Å². The van der Waals surface area contributed by atoms with Crippen molar-refractivity contribution >= 4 is 28.1 Å². The van der Waals surface area contributed by atoms with Crippen molar-refractivity contribution in [1.82, 2.24) is 4.98 Å². The molecule has 3 rings (SSSR count). The van der Waals surface area contributed by atoms with E-state index in [-0.39, 0.29) is 12.3 Å². The van der Waals surface area contributed by atoms with Gasteiger partial charge in [-0.1, -0.05) is 0 Å². The molecule has 0 radical (unpaired) electrons. The molecule has 0 bridgehead atoms. The Morgan fingerprint density at radius 1 is 1.53 bits per heavy atom. The number of anilines is 2. The molecule has 1 aliphatic rings. The van der Waals surface area contributed by atoms with Crippen LogP contribution in [0.25, 0.3) is 0 Å². The topological polar surface area (TPSA) is 77.2 Å². The van der Waals surface area contributed by atoms with Gasteiger partial charge in [0.1, 0.15) is 5.75 Å². The fraction of sp³-hybridized carbons (Fsp3) is 0.231. The molecule has 6 heteroatoms. The van der Waals surface area contributed by atoms with E-state index in [0.29, 0.717) is 17.4 Å². The number of carbonyl (C=O) groups excluding carboxylic acids is 1. The van der Waals surface area contributed by atoms with Crippen LogP contribution in [0.4, 0.5) is 10.8 Å². The zero-order chi connectivity index (χ0) is 13.2. The molecule has 0 atom stereocenters. The molecule has 98 valence electrons.